The van der Waals surface area contributed by atoms with Gasteiger partial charge in [0.1, 0.15) is 5.82 Å². The van der Waals surface area contributed by atoms with Crippen LogP contribution in [-0.4, -0.2) is 23.6 Å². The smallest absolute Gasteiger partial charge is 0.346 e. The van der Waals surface area contributed by atoms with E-state index in [9.17, 15) is 13.2 Å². The number of carbonyl (C=O) groups excluding carboxylic acids is 1. The summed E-state index contributed by atoms with van der Waals surface area (Å²) in [5, 5.41) is 4.52. The lowest BCUT2D eigenvalue weighted by molar-refractivity contribution is 0.0727. The number of anilines is 1. The lowest BCUT2D eigenvalue weighted by Gasteiger charge is -2.06. The van der Waals surface area contributed by atoms with E-state index in [1.54, 1.807) is 0 Å². The first-order chi connectivity index (χ1) is 12.7. The Morgan fingerprint density at radius 3 is 2.30 bits per heavy atom. The summed E-state index contributed by atoms with van der Waals surface area (Å²) in [4.78, 5) is 12.2. The molecule has 0 bridgehead atoms. The molecule has 0 amide bonds. The number of halogens is 3. The summed E-state index contributed by atoms with van der Waals surface area (Å²) >= 11 is 17.5. The molecule has 27 heavy (non-hydrogen) atoms. The zero-order valence-electron chi connectivity index (χ0n) is 13.3. The minimum Gasteiger partial charge on any atom is -0.402 e. The lowest BCUT2D eigenvalue weighted by Crippen LogP contribution is -2.17. The van der Waals surface area contributed by atoms with Gasteiger partial charge in [-0.2, -0.15) is 8.42 Å². The summed E-state index contributed by atoms with van der Waals surface area (Å²) in [5.74, 6) is -1.42. The second-order valence-electron chi connectivity index (χ2n) is 5.22. The van der Waals surface area contributed by atoms with Crippen LogP contribution in [-0.2, 0) is 10.0 Å². The Balaban J connectivity index is 1.91. The predicted molar refractivity (Wildman–Crippen MR) is 102 cm³/mol. The van der Waals surface area contributed by atoms with Crippen molar-refractivity contribution in [2.24, 2.45) is 0 Å². The van der Waals surface area contributed by atoms with Crippen molar-refractivity contribution in [1.82, 2.24) is 9.19 Å². The topological polar surface area (TPSA) is 104 Å². The highest BCUT2D eigenvalue weighted by Crippen LogP contribution is 2.25. The number of aromatic nitrogens is 2. The Bertz CT molecular complexity index is 1130. The predicted octanol–water partition coefficient (Wildman–Crippen LogP) is 3.88. The molecule has 0 aliphatic carbocycles. The summed E-state index contributed by atoms with van der Waals surface area (Å²) < 4.78 is 30.9. The van der Waals surface area contributed by atoms with E-state index in [2.05, 4.69) is 5.10 Å². The molecule has 0 aliphatic rings. The lowest BCUT2D eigenvalue weighted by atomic mass is 10.2. The van der Waals surface area contributed by atoms with E-state index >= 15 is 0 Å². The highest BCUT2D eigenvalue weighted by molar-refractivity contribution is 7.90. The van der Waals surface area contributed by atoms with Crippen LogP contribution < -0.4 is 10.5 Å². The molecule has 1 aromatic heterocycles. The van der Waals surface area contributed by atoms with Gasteiger partial charge < -0.3 is 10.5 Å². The number of esters is 1. The maximum atomic E-state index is 12.6. The molecule has 3 rings (SSSR count). The van der Waals surface area contributed by atoms with Gasteiger partial charge in [-0.1, -0.05) is 34.8 Å². The quantitative estimate of drug-likeness (QED) is 0.610. The summed E-state index contributed by atoms with van der Waals surface area (Å²) in [6.45, 7) is 0. The molecule has 11 heteroatoms. The third-order valence-corrected chi connectivity index (χ3v) is 5.80. The molecule has 2 N–H and O–H groups in total. The van der Waals surface area contributed by atoms with Crippen LogP contribution in [0.4, 0.5) is 5.82 Å². The van der Waals surface area contributed by atoms with Gasteiger partial charge in [0.2, 0.25) is 5.88 Å². The fourth-order valence-electron chi connectivity index (χ4n) is 2.11. The fraction of sp³-hybridized carbons (Fsp3) is 0. The Kier molecular flexibility index (Phi) is 5.34. The van der Waals surface area contributed by atoms with Crippen molar-refractivity contribution in [2.75, 3.05) is 5.73 Å². The third-order valence-electron chi connectivity index (χ3n) is 3.37. The van der Waals surface area contributed by atoms with E-state index < -0.39 is 16.0 Å². The number of hydrogen-bond donors (Lipinski definition) is 1. The largest absolute Gasteiger partial charge is 0.402 e. The molecule has 0 saturated heterocycles. The maximum Gasteiger partial charge on any atom is 0.346 e. The van der Waals surface area contributed by atoms with Crippen molar-refractivity contribution in [3.05, 3.63) is 69.2 Å². The standard InChI is InChI=1S/C16H10Cl3N3O4S/c17-9-1-4-11(5-2-9)27(24,25)22-14(20)8-15(21-22)26-16(23)12-7-10(18)3-6-13(12)19/h1-8H,20H2. The van der Waals surface area contributed by atoms with E-state index in [1.807, 2.05) is 0 Å². The summed E-state index contributed by atoms with van der Waals surface area (Å²) in [5.41, 5.74) is 5.72. The van der Waals surface area contributed by atoms with Crippen LogP contribution in [0.5, 0.6) is 5.88 Å². The number of rotatable bonds is 4. The molecule has 140 valence electrons. The van der Waals surface area contributed by atoms with E-state index in [0.29, 0.717) is 9.11 Å². The fourth-order valence-corrected chi connectivity index (χ4v) is 3.80. The van der Waals surface area contributed by atoms with Crippen molar-refractivity contribution in [3.8, 4) is 5.88 Å². The minimum absolute atomic E-state index is 0.00199. The number of nitrogen functional groups attached to an aromatic ring is 1. The van der Waals surface area contributed by atoms with Crippen LogP contribution in [0.3, 0.4) is 0 Å². The Labute approximate surface area is 169 Å². The van der Waals surface area contributed by atoms with Gasteiger partial charge in [-0.25, -0.2) is 4.79 Å². The number of nitrogens with two attached hydrogens (primary N) is 1. The second-order valence-corrected chi connectivity index (χ2v) is 8.27. The number of hydrogen-bond acceptors (Lipinski definition) is 6. The Morgan fingerprint density at radius 1 is 1.00 bits per heavy atom. The molecule has 0 spiro atoms. The Hall–Kier alpha value is -2.26. The SMILES string of the molecule is Nc1cc(OC(=O)c2cc(Cl)ccc2Cl)nn1S(=O)(=O)c1ccc(Cl)cc1. The first-order valence-corrected chi connectivity index (χ1v) is 9.80. The van der Waals surface area contributed by atoms with Gasteiger partial charge in [0.25, 0.3) is 10.0 Å². The number of carbonyl (C=O) groups is 1. The molecule has 0 saturated carbocycles. The molecule has 2 aromatic carbocycles. The van der Waals surface area contributed by atoms with Crippen molar-refractivity contribution in [2.45, 2.75) is 4.90 Å². The first kappa shape index (κ1) is 19.5. The molecule has 3 aromatic rings. The van der Waals surface area contributed by atoms with Crippen molar-refractivity contribution < 1.29 is 17.9 Å². The van der Waals surface area contributed by atoms with Crippen molar-refractivity contribution >= 4 is 56.6 Å². The summed E-state index contributed by atoms with van der Waals surface area (Å²) in [6, 6.07) is 10.8. The molecule has 0 atom stereocenters. The highest BCUT2D eigenvalue weighted by Gasteiger charge is 2.23. The van der Waals surface area contributed by atoms with Crippen LogP contribution in [0.2, 0.25) is 15.1 Å². The average molecular weight is 447 g/mol. The van der Waals surface area contributed by atoms with Gasteiger partial charge in [0.05, 0.1) is 15.5 Å². The molecular formula is C16H10Cl3N3O4S. The molecule has 1 heterocycles. The maximum absolute atomic E-state index is 12.6. The number of benzene rings is 2. The van der Waals surface area contributed by atoms with E-state index in [1.165, 1.54) is 42.5 Å². The van der Waals surface area contributed by atoms with Crippen LogP contribution in [0.25, 0.3) is 0 Å². The van der Waals surface area contributed by atoms with Crippen molar-refractivity contribution in [3.63, 3.8) is 0 Å². The monoisotopic (exact) mass is 445 g/mol. The summed E-state index contributed by atoms with van der Waals surface area (Å²) in [6.07, 6.45) is 0. The second kappa shape index (κ2) is 7.40. The van der Waals surface area contributed by atoms with Gasteiger partial charge in [-0.3, -0.25) is 0 Å². The van der Waals surface area contributed by atoms with Gasteiger partial charge in [0, 0.05) is 16.1 Å². The van der Waals surface area contributed by atoms with Crippen LogP contribution in [0.1, 0.15) is 10.4 Å². The Morgan fingerprint density at radius 2 is 1.63 bits per heavy atom. The van der Waals surface area contributed by atoms with Crippen molar-refractivity contribution in [1.29, 1.82) is 0 Å². The van der Waals surface area contributed by atoms with E-state index in [0.717, 1.165) is 6.07 Å². The minimum atomic E-state index is -4.10. The molecule has 0 aliphatic heterocycles. The molecule has 0 radical (unpaired) electrons. The molecule has 7 nitrogen and oxygen atoms in total. The number of ether oxygens (including phenoxy) is 1. The van der Waals surface area contributed by atoms with Crippen LogP contribution in [0.15, 0.2) is 53.4 Å². The van der Waals surface area contributed by atoms with Crippen LogP contribution >= 0.6 is 34.8 Å². The van der Waals surface area contributed by atoms with Gasteiger partial charge in [-0.05, 0) is 42.5 Å². The van der Waals surface area contributed by atoms with Crippen LogP contribution in [0, 0.1) is 0 Å². The summed E-state index contributed by atoms with van der Waals surface area (Å²) in [7, 11) is -4.10. The zero-order valence-corrected chi connectivity index (χ0v) is 16.3. The zero-order chi connectivity index (χ0) is 19.8. The molecular weight excluding hydrogens is 437 g/mol. The highest BCUT2D eigenvalue weighted by atomic mass is 35.5. The molecule has 0 fully saturated rings. The first-order valence-electron chi connectivity index (χ1n) is 7.22. The van der Waals surface area contributed by atoms with Gasteiger partial charge in [-0.15, -0.1) is 9.19 Å². The third kappa shape index (κ3) is 4.03. The van der Waals surface area contributed by atoms with Gasteiger partial charge >= 0.3 is 5.97 Å². The average Bonchev–Trinajstić information content (AvgIpc) is 2.98. The van der Waals surface area contributed by atoms with Gasteiger partial charge in [0.15, 0.2) is 0 Å². The van der Waals surface area contributed by atoms with E-state index in [4.69, 9.17) is 45.3 Å². The number of nitrogens with zero attached hydrogens (tertiary/aromatic N) is 2. The normalized spacial score (nSPS) is 11.4. The van der Waals surface area contributed by atoms with E-state index in [-0.39, 0.29) is 32.2 Å². The molecule has 0 unspecified atom stereocenters.